The molecule has 0 fully saturated rings. The number of benzene rings is 2. The molecule has 0 aliphatic rings. The van der Waals surface area contributed by atoms with Gasteiger partial charge < -0.3 is 10.5 Å². The molecular weight excluding hydrogens is 283 g/mol. The quantitative estimate of drug-likeness (QED) is 0.694. The fraction of sp³-hybridized carbons (Fsp3) is 0.133. The second kappa shape index (κ2) is 5.87. The third kappa shape index (κ3) is 3.75. The molecule has 0 bridgehead atoms. The lowest BCUT2D eigenvalue weighted by atomic mass is 10.1. The van der Waals surface area contributed by atoms with E-state index in [9.17, 15) is 18.0 Å². The average Bonchev–Trinajstić information content (AvgIpc) is 2.45. The van der Waals surface area contributed by atoms with Crippen molar-refractivity contribution in [2.45, 2.75) is 12.8 Å². The van der Waals surface area contributed by atoms with E-state index in [1.54, 1.807) is 24.3 Å². The molecule has 0 aromatic heterocycles. The Morgan fingerprint density at radius 1 is 1.10 bits per heavy atom. The number of carbonyl (C=O) groups excluding carboxylic acids is 1. The first-order valence-electron chi connectivity index (χ1n) is 6.05. The van der Waals surface area contributed by atoms with Gasteiger partial charge in [0.15, 0.2) is 0 Å². The van der Waals surface area contributed by atoms with Crippen molar-refractivity contribution >= 4 is 11.7 Å². The van der Waals surface area contributed by atoms with Crippen molar-refractivity contribution in [3.05, 3.63) is 65.2 Å². The molecule has 110 valence electrons. The molecule has 2 aromatic carbocycles. The molecule has 0 aliphatic carbocycles. The summed E-state index contributed by atoms with van der Waals surface area (Å²) >= 11 is 0. The van der Waals surface area contributed by atoms with E-state index in [0.29, 0.717) is 0 Å². The van der Waals surface area contributed by atoms with Gasteiger partial charge in [-0.3, -0.25) is 0 Å². The largest absolute Gasteiger partial charge is 0.457 e. The minimum absolute atomic E-state index is 0.0279. The van der Waals surface area contributed by atoms with Gasteiger partial charge in [-0.25, -0.2) is 4.79 Å². The summed E-state index contributed by atoms with van der Waals surface area (Å²) in [6.45, 7) is 0.0279. The predicted octanol–water partition coefficient (Wildman–Crippen LogP) is 3.64. The molecule has 6 heteroatoms. The summed E-state index contributed by atoms with van der Waals surface area (Å²) in [6.07, 6.45) is -4.50. The van der Waals surface area contributed by atoms with Crippen LogP contribution in [0.2, 0.25) is 0 Å². The normalized spacial score (nSPS) is 11.2. The molecule has 0 spiro atoms. The molecule has 21 heavy (non-hydrogen) atoms. The van der Waals surface area contributed by atoms with Gasteiger partial charge in [-0.1, -0.05) is 30.3 Å². The summed E-state index contributed by atoms with van der Waals surface area (Å²) < 4.78 is 42.5. The van der Waals surface area contributed by atoms with Crippen molar-refractivity contribution in [1.29, 1.82) is 0 Å². The highest BCUT2D eigenvalue weighted by Gasteiger charge is 2.31. The Morgan fingerprint density at radius 2 is 1.76 bits per heavy atom. The molecule has 0 aliphatic heterocycles. The van der Waals surface area contributed by atoms with E-state index in [1.165, 1.54) is 0 Å². The topological polar surface area (TPSA) is 52.3 Å². The van der Waals surface area contributed by atoms with Crippen molar-refractivity contribution in [2.24, 2.45) is 0 Å². The molecule has 0 unspecified atom stereocenters. The molecule has 2 rings (SSSR count). The number of nitrogens with two attached hydrogens (primary N) is 1. The standard InChI is InChI=1S/C15H12F3NO2/c16-15(17,18)11-6-7-12(13(19)8-11)14(20)21-9-10-4-2-1-3-5-10/h1-8H,9,19H2. The Morgan fingerprint density at radius 3 is 2.33 bits per heavy atom. The summed E-state index contributed by atoms with van der Waals surface area (Å²) in [5, 5.41) is 0. The van der Waals surface area contributed by atoms with Gasteiger partial charge in [0, 0.05) is 5.69 Å². The summed E-state index contributed by atoms with van der Waals surface area (Å²) in [6, 6.07) is 11.5. The van der Waals surface area contributed by atoms with Crippen molar-refractivity contribution in [3.63, 3.8) is 0 Å². The number of halogens is 3. The minimum Gasteiger partial charge on any atom is -0.457 e. The Hall–Kier alpha value is -2.50. The molecule has 2 aromatic rings. The maximum Gasteiger partial charge on any atom is 0.416 e. The van der Waals surface area contributed by atoms with E-state index in [1.807, 2.05) is 6.07 Å². The van der Waals surface area contributed by atoms with Crippen LogP contribution >= 0.6 is 0 Å². The van der Waals surface area contributed by atoms with Crippen LogP contribution in [-0.2, 0) is 17.5 Å². The van der Waals surface area contributed by atoms with Crippen molar-refractivity contribution in [1.82, 2.24) is 0 Å². The van der Waals surface area contributed by atoms with Crippen molar-refractivity contribution in [3.8, 4) is 0 Å². The summed E-state index contributed by atoms with van der Waals surface area (Å²) in [5.41, 5.74) is 5.01. The molecule has 0 amide bonds. The van der Waals surface area contributed by atoms with Crippen molar-refractivity contribution < 1.29 is 22.7 Å². The molecule has 3 nitrogen and oxygen atoms in total. The van der Waals surface area contributed by atoms with Gasteiger partial charge in [0.2, 0.25) is 0 Å². The van der Waals surface area contributed by atoms with E-state index in [-0.39, 0.29) is 17.9 Å². The molecule has 0 radical (unpaired) electrons. The number of ether oxygens (including phenoxy) is 1. The molecule has 0 atom stereocenters. The van der Waals surface area contributed by atoms with Crippen LogP contribution in [0.3, 0.4) is 0 Å². The van der Waals surface area contributed by atoms with Crippen LogP contribution in [0.1, 0.15) is 21.5 Å². The average molecular weight is 295 g/mol. The van der Waals surface area contributed by atoms with Crippen LogP contribution in [0.5, 0.6) is 0 Å². The fourth-order valence-electron chi connectivity index (χ4n) is 1.73. The highest BCUT2D eigenvalue weighted by Crippen LogP contribution is 2.31. The molecule has 0 heterocycles. The highest BCUT2D eigenvalue weighted by molar-refractivity contribution is 5.95. The zero-order chi connectivity index (χ0) is 15.5. The summed E-state index contributed by atoms with van der Waals surface area (Å²) in [5.74, 6) is -0.759. The second-order valence-electron chi connectivity index (χ2n) is 4.36. The van der Waals surface area contributed by atoms with Crippen LogP contribution in [0.15, 0.2) is 48.5 Å². The van der Waals surface area contributed by atoms with Gasteiger partial charge in [-0.05, 0) is 23.8 Å². The highest BCUT2D eigenvalue weighted by atomic mass is 19.4. The fourth-order valence-corrected chi connectivity index (χ4v) is 1.73. The summed E-state index contributed by atoms with van der Waals surface area (Å²) in [4.78, 5) is 11.8. The number of hydrogen-bond donors (Lipinski definition) is 1. The Balaban J connectivity index is 2.09. The van der Waals surface area contributed by atoms with Crippen LogP contribution < -0.4 is 5.73 Å². The Bertz CT molecular complexity index is 639. The second-order valence-corrected chi connectivity index (χ2v) is 4.36. The number of anilines is 1. The Labute approximate surface area is 119 Å². The molecule has 0 saturated heterocycles. The SMILES string of the molecule is Nc1cc(C(F)(F)F)ccc1C(=O)OCc1ccccc1. The van der Waals surface area contributed by atoms with Crippen LogP contribution in [0.4, 0.5) is 18.9 Å². The van der Waals surface area contributed by atoms with Crippen LogP contribution in [-0.4, -0.2) is 5.97 Å². The van der Waals surface area contributed by atoms with E-state index in [0.717, 1.165) is 23.8 Å². The van der Waals surface area contributed by atoms with E-state index >= 15 is 0 Å². The monoisotopic (exact) mass is 295 g/mol. The first-order chi connectivity index (χ1) is 9.88. The lowest BCUT2D eigenvalue weighted by molar-refractivity contribution is -0.137. The van der Waals surface area contributed by atoms with Gasteiger partial charge in [0.05, 0.1) is 11.1 Å². The van der Waals surface area contributed by atoms with E-state index in [2.05, 4.69) is 0 Å². The first-order valence-corrected chi connectivity index (χ1v) is 6.05. The zero-order valence-electron chi connectivity index (χ0n) is 10.9. The number of hydrogen-bond acceptors (Lipinski definition) is 3. The van der Waals surface area contributed by atoms with E-state index in [4.69, 9.17) is 10.5 Å². The van der Waals surface area contributed by atoms with Gasteiger partial charge in [0.1, 0.15) is 6.61 Å². The van der Waals surface area contributed by atoms with Gasteiger partial charge in [0.25, 0.3) is 0 Å². The maximum atomic E-state index is 12.5. The maximum absolute atomic E-state index is 12.5. The first kappa shape index (κ1) is 14.9. The van der Waals surface area contributed by atoms with Gasteiger partial charge >= 0.3 is 12.1 Å². The molecular formula is C15H12F3NO2. The summed E-state index contributed by atoms with van der Waals surface area (Å²) in [7, 11) is 0. The third-order valence-electron chi connectivity index (χ3n) is 2.81. The molecule has 2 N–H and O–H groups in total. The lowest BCUT2D eigenvalue weighted by Crippen LogP contribution is -2.11. The Kier molecular flexibility index (Phi) is 4.16. The number of carbonyl (C=O) groups is 1. The minimum atomic E-state index is -4.50. The number of rotatable bonds is 3. The van der Waals surface area contributed by atoms with E-state index < -0.39 is 17.7 Å². The smallest absolute Gasteiger partial charge is 0.416 e. The van der Waals surface area contributed by atoms with Crippen LogP contribution in [0, 0.1) is 0 Å². The van der Waals surface area contributed by atoms with Crippen molar-refractivity contribution in [2.75, 3.05) is 5.73 Å². The lowest BCUT2D eigenvalue weighted by Gasteiger charge is -2.10. The number of nitrogen functional groups attached to an aromatic ring is 1. The van der Waals surface area contributed by atoms with Gasteiger partial charge in [-0.2, -0.15) is 13.2 Å². The molecule has 0 saturated carbocycles. The number of alkyl halides is 3. The zero-order valence-corrected chi connectivity index (χ0v) is 10.9. The van der Waals surface area contributed by atoms with Crippen LogP contribution in [0.25, 0.3) is 0 Å². The number of esters is 1. The van der Waals surface area contributed by atoms with Gasteiger partial charge in [-0.15, -0.1) is 0 Å². The predicted molar refractivity (Wildman–Crippen MR) is 71.4 cm³/mol. The third-order valence-corrected chi connectivity index (χ3v) is 2.81.